The van der Waals surface area contributed by atoms with Crippen molar-refractivity contribution in [2.75, 3.05) is 0 Å². The van der Waals surface area contributed by atoms with Crippen LogP contribution in [0.5, 0.6) is 0 Å². The van der Waals surface area contributed by atoms with Crippen molar-refractivity contribution in [2.45, 2.75) is 0 Å². The lowest BCUT2D eigenvalue weighted by atomic mass is 10.2. The Hall–Kier alpha value is -1.38. The summed E-state index contributed by atoms with van der Waals surface area (Å²) in [6.07, 6.45) is 1.58. The van der Waals surface area contributed by atoms with E-state index in [1.807, 2.05) is 0 Å². The zero-order chi connectivity index (χ0) is 7.84. The first-order chi connectivity index (χ1) is 5.29. The van der Waals surface area contributed by atoms with Crippen LogP contribution in [0.4, 0.5) is 8.78 Å². The quantitative estimate of drug-likeness (QED) is 0.598. The lowest BCUT2D eigenvalue weighted by Crippen LogP contribution is -1.83. The number of H-pyrrole nitrogens is 1. The summed E-state index contributed by atoms with van der Waals surface area (Å²) in [4.78, 5) is 2.61. The van der Waals surface area contributed by atoms with E-state index in [-0.39, 0.29) is 5.52 Å². The number of hydrogen-bond acceptors (Lipinski definition) is 0. The fourth-order valence-electron chi connectivity index (χ4n) is 1.07. The van der Waals surface area contributed by atoms with Crippen LogP contribution >= 0.6 is 0 Å². The molecule has 1 N–H and O–H groups in total. The number of halogens is 2. The molecule has 1 aromatic heterocycles. The molecule has 2 aromatic rings. The molecule has 0 amide bonds. The Kier molecular flexibility index (Phi) is 1.18. The molecule has 11 heavy (non-hydrogen) atoms. The Bertz CT molecular complexity index is 392. The monoisotopic (exact) mass is 153 g/mol. The maximum Gasteiger partial charge on any atom is 0.182 e. The molecule has 0 aliphatic carbocycles. The zero-order valence-corrected chi connectivity index (χ0v) is 5.57. The average molecular weight is 153 g/mol. The van der Waals surface area contributed by atoms with E-state index >= 15 is 0 Å². The number of aromatic amines is 1. The highest BCUT2D eigenvalue weighted by atomic mass is 19.2. The van der Waals surface area contributed by atoms with E-state index < -0.39 is 11.6 Å². The summed E-state index contributed by atoms with van der Waals surface area (Å²) < 4.78 is 25.4. The zero-order valence-electron chi connectivity index (χ0n) is 5.57. The summed E-state index contributed by atoms with van der Waals surface area (Å²) in [5.41, 5.74) is 0.227. The highest BCUT2D eigenvalue weighted by molar-refractivity contribution is 5.79. The van der Waals surface area contributed by atoms with E-state index in [1.54, 1.807) is 12.3 Å². The summed E-state index contributed by atoms with van der Waals surface area (Å²) in [5.74, 6) is -1.63. The van der Waals surface area contributed by atoms with Gasteiger partial charge < -0.3 is 4.98 Å². The average Bonchev–Trinajstić information content (AvgIpc) is 2.45. The lowest BCUT2D eigenvalue weighted by Gasteiger charge is -1.92. The van der Waals surface area contributed by atoms with Gasteiger partial charge in [-0.1, -0.05) is 0 Å². The third kappa shape index (κ3) is 0.808. The number of aromatic nitrogens is 1. The standard InChI is InChI=1S/C8H5F2N/c9-6-2-1-5-3-4-11-8(5)7(6)10/h1-4,11H. The molecule has 0 aliphatic heterocycles. The van der Waals surface area contributed by atoms with Crippen LogP contribution < -0.4 is 0 Å². The second-order valence-corrected chi connectivity index (χ2v) is 2.30. The van der Waals surface area contributed by atoms with E-state index in [2.05, 4.69) is 4.98 Å². The molecule has 0 unspecified atom stereocenters. The van der Waals surface area contributed by atoms with Crippen LogP contribution in [0.2, 0.25) is 0 Å². The molecule has 56 valence electrons. The highest BCUT2D eigenvalue weighted by Crippen LogP contribution is 2.17. The number of rotatable bonds is 0. The van der Waals surface area contributed by atoms with Crippen molar-refractivity contribution in [1.82, 2.24) is 4.98 Å². The first-order valence-electron chi connectivity index (χ1n) is 3.20. The molecule has 0 bridgehead atoms. The van der Waals surface area contributed by atoms with E-state index in [9.17, 15) is 8.78 Å². The fraction of sp³-hybridized carbons (Fsp3) is 0. The van der Waals surface area contributed by atoms with Gasteiger partial charge in [-0.2, -0.15) is 0 Å². The Morgan fingerprint density at radius 3 is 2.73 bits per heavy atom. The highest BCUT2D eigenvalue weighted by Gasteiger charge is 2.05. The van der Waals surface area contributed by atoms with Gasteiger partial charge in [-0.05, 0) is 18.2 Å². The third-order valence-electron chi connectivity index (χ3n) is 1.62. The van der Waals surface area contributed by atoms with Gasteiger partial charge in [0.2, 0.25) is 0 Å². The maximum atomic E-state index is 12.8. The van der Waals surface area contributed by atoms with Gasteiger partial charge in [0.25, 0.3) is 0 Å². The van der Waals surface area contributed by atoms with Gasteiger partial charge in [0.1, 0.15) is 0 Å². The Labute approximate surface area is 61.7 Å². The van der Waals surface area contributed by atoms with Gasteiger partial charge >= 0.3 is 0 Å². The Morgan fingerprint density at radius 1 is 1.09 bits per heavy atom. The molecule has 3 heteroatoms. The molecule has 0 spiro atoms. The summed E-state index contributed by atoms with van der Waals surface area (Å²) >= 11 is 0. The SMILES string of the molecule is Fc1ccc2cc[nH]c2c1F. The molecular formula is C8H5F2N. The van der Waals surface area contributed by atoms with Crippen LogP contribution in [-0.4, -0.2) is 4.98 Å². The Balaban J connectivity index is 2.93. The topological polar surface area (TPSA) is 15.8 Å². The molecule has 0 fully saturated rings. The summed E-state index contributed by atoms with van der Waals surface area (Å²) in [6.45, 7) is 0. The number of hydrogen-bond donors (Lipinski definition) is 1. The van der Waals surface area contributed by atoms with Crippen molar-refractivity contribution >= 4 is 10.9 Å². The molecule has 1 nitrogen and oxygen atoms in total. The molecule has 0 saturated heterocycles. The van der Waals surface area contributed by atoms with Gasteiger partial charge in [-0.3, -0.25) is 0 Å². The van der Waals surface area contributed by atoms with E-state index in [4.69, 9.17) is 0 Å². The van der Waals surface area contributed by atoms with Crippen LogP contribution in [0.15, 0.2) is 24.4 Å². The molecule has 0 atom stereocenters. The largest absolute Gasteiger partial charge is 0.359 e. The van der Waals surface area contributed by atoms with Crippen LogP contribution in [-0.2, 0) is 0 Å². The minimum atomic E-state index is -0.819. The molecule has 1 aromatic carbocycles. The minimum Gasteiger partial charge on any atom is -0.359 e. The molecule has 0 aliphatic rings. The molecule has 0 saturated carbocycles. The smallest absolute Gasteiger partial charge is 0.182 e. The third-order valence-corrected chi connectivity index (χ3v) is 1.62. The molecule has 0 radical (unpaired) electrons. The molecular weight excluding hydrogens is 148 g/mol. The van der Waals surface area contributed by atoms with Crippen LogP contribution in [0.1, 0.15) is 0 Å². The fourth-order valence-corrected chi connectivity index (χ4v) is 1.07. The van der Waals surface area contributed by atoms with Gasteiger partial charge in [0, 0.05) is 11.6 Å². The van der Waals surface area contributed by atoms with E-state index in [1.165, 1.54) is 6.07 Å². The van der Waals surface area contributed by atoms with Crippen LogP contribution in [0, 0.1) is 11.6 Å². The van der Waals surface area contributed by atoms with Gasteiger partial charge in [0.05, 0.1) is 5.52 Å². The van der Waals surface area contributed by atoms with Gasteiger partial charge in [0.15, 0.2) is 11.6 Å². The maximum absolute atomic E-state index is 12.8. The normalized spacial score (nSPS) is 10.7. The Morgan fingerprint density at radius 2 is 1.91 bits per heavy atom. The first-order valence-corrected chi connectivity index (χ1v) is 3.20. The molecule has 1 heterocycles. The van der Waals surface area contributed by atoms with Crippen molar-refractivity contribution in [3.63, 3.8) is 0 Å². The van der Waals surface area contributed by atoms with Crippen molar-refractivity contribution in [3.05, 3.63) is 36.0 Å². The second kappa shape index (κ2) is 2.05. The lowest BCUT2D eigenvalue weighted by molar-refractivity contribution is 0.515. The van der Waals surface area contributed by atoms with Gasteiger partial charge in [-0.15, -0.1) is 0 Å². The molecule has 2 rings (SSSR count). The number of fused-ring (bicyclic) bond motifs is 1. The number of nitrogens with one attached hydrogen (secondary N) is 1. The summed E-state index contributed by atoms with van der Waals surface area (Å²) in [7, 11) is 0. The predicted molar refractivity (Wildman–Crippen MR) is 38.2 cm³/mol. The minimum absolute atomic E-state index is 0.227. The summed E-state index contributed by atoms with van der Waals surface area (Å²) in [6, 6.07) is 4.34. The van der Waals surface area contributed by atoms with Crippen LogP contribution in [0.25, 0.3) is 10.9 Å². The van der Waals surface area contributed by atoms with Crippen molar-refractivity contribution in [2.24, 2.45) is 0 Å². The van der Waals surface area contributed by atoms with E-state index in [0.29, 0.717) is 5.39 Å². The summed E-state index contributed by atoms with van der Waals surface area (Å²) in [5, 5.41) is 0.684. The van der Waals surface area contributed by atoms with Crippen molar-refractivity contribution in [1.29, 1.82) is 0 Å². The van der Waals surface area contributed by atoms with E-state index in [0.717, 1.165) is 6.07 Å². The van der Waals surface area contributed by atoms with Crippen molar-refractivity contribution < 1.29 is 8.78 Å². The number of benzene rings is 1. The predicted octanol–water partition coefficient (Wildman–Crippen LogP) is 2.45. The first kappa shape index (κ1) is 6.34. The van der Waals surface area contributed by atoms with Crippen molar-refractivity contribution in [3.8, 4) is 0 Å². The van der Waals surface area contributed by atoms with Crippen LogP contribution in [0.3, 0.4) is 0 Å². The second-order valence-electron chi connectivity index (χ2n) is 2.30. The van der Waals surface area contributed by atoms with Gasteiger partial charge in [-0.25, -0.2) is 8.78 Å².